The quantitative estimate of drug-likeness (QED) is 0.865. The van der Waals surface area contributed by atoms with Gasteiger partial charge in [0.25, 0.3) is 0 Å². The molecule has 0 bridgehead atoms. The third-order valence-corrected chi connectivity index (χ3v) is 3.85. The highest BCUT2D eigenvalue weighted by Crippen LogP contribution is 2.35. The van der Waals surface area contributed by atoms with Gasteiger partial charge in [-0.3, -0.25) is 9.59 Å². The Kier molecular flexibility index (Phi) is 2.89. The molecule has 1 aromatic carbocycles. The van der Waals surface area contributed by atoms with Gasteiger partial charge in [0.15, 0.2) is 0 Å². The smallest absolute Gasteiger partial charge is 0.308 e. The van der Waals surface area contributed by atoms with Crippen LogP contribution in [-0.2, 0) is 9.59 Å². The molecule has 0 radical (unpaired) electrons. The summed E-state index contributed by atoms with van der Waals surface area (Å²) in [4.78, 5) is 25.0. The third kappa shape index (κ3) is 2.05. The number of fused-ring (bicyclic) bond motifs is 1. The van der Waals surface area contributed by atoms with Crippen LogP contribution >= 0.6 is 0 Å². The number of carboxylic acid groups (broad SMARTS) is 1. The van der Waals surface area contributed by atoms with E-state index in [2.05, 4.69) is 0 Å². The summed E-state index contributed by atoms with van der Waals surface area (Å²) in [6.45, 7) is 1.19. The number of hydrogen-bond donors (Lipinski definition) is 1. The molecular weight excluding hydrogens is 246 g/mol. The van der Waals surface area contributed by atoms with E-state index in [4.69, 9.17) is 9.84 Å². The zero-order chi connectivity index (χ0) is 13.4. The summed E-state index contributed by atoms with van der Waals surface area (Å²) in [6, 6.07) is 7.52. The van der Waals surface area contributed by atoms with Crippen molar-refractivity contribution in [3.05, 3.63) is 29.8 Å². The molecule has 2 aliphatic rings. The van der Waals surface area contributed by atoms with E-state index in [0.717, 1.165) is 11.3 Å². The van der Waals surface area contributed by atoms with Gasteiger partial charge in [0, 0.05) is 18.7 Å². The molecule has 0 unspecified atom stereocenters. The van der Waals surface area contributed by atoms with Crippen LogP contribution in [0.3, 0.4) is 0 Å². The van der Waals surface area contributed by atoms with E-state index in [9.17, 15) is 9.59 Å². The molecule has 1 saturated heterocycles. The number of aliphatic carboxylic acids is 1. The number of rotatable bonds is 2. The van der Waals surface area contributed by atoms with Crippen molar-refractivity contribution < 1.29 is 19.4 Å². The topological polar surface area (TPSA) is 66.8 Å². The highest BCUT2D eigenvalue weighted by Gasteiger charge is 2.37. The molecule has 0 saturated carbocycles. The highest BCUT2D eigenvalue weighted by atomic mass is 16.5. The van der Waals surface area contributed by atoms with Gasteiger partial charge >= 0.3 is 5.97 Å². The average molecular weight is 261 g/mol. The number of ether oxygens (including phenoxy) is 1. The number of likely N-dealkylation sites (tertiary alicyclic amines) is 1. The van der Waals surface area contributed by atoms with Gasteiger partial charge in [0.2, 0.25) is 5.91 Å². The van der Waals surface area contributed by atoms with Crippen molar-refractivity contribution in [3.8, 4) is 5.75 Å². The van der Waals surface area contributed by atoms with Crippen LogP contribution in [0.1, 0.15) is 17.9 Å². The zero-order valence-corrected chi connectivity index (χ0v) is 10.4. The highest BCUT2D eigenvalue weighted by molar-refractivity contribution is 5.86. The van der Waals surface area contributed by atoms with Gasteiger partial charge in [-0.15, -0.1) is 0 Å². The van der Waals surface area contributed by atoms with Crippen LogP contribution < -0.4 is 4.74 Å². The van der Waals surface area contributed by atoms with E-state index in [1.54, 1.807) is 4.90 Å². The largest absolute Gasteiger partial charge is 0.492 e. The van der Waals surface area contributed by atoms with E-state index in [1.807, 2.05) is 24.3 Å². The first-order valence-electron chi connectivity index (χ1n) is 6.40. The maximum Gasteiger partial charge on any atom is 0.308 e. The van der Waals surface area contributed by atoms with Crippen molar-refractivity contribution in [3.63, 3.8) is 0 Å². The Balaban J connectivity index is 1.74. The number of benzene rings is 1. The number of carbonyl (C=O) groups is 2. The van der Waals surface area contributed by atoms with Crippen LogP contribution in [0.4, 0.5) is 0 Å². The molecule has 0 spiro atoms. The first-order valence-corrected chi connectivity index (χ1v) is 6.40. The van der Waals surface area contributed by atoms with E-state index >= 15 is 0 Å². The van der Waals surface area contributed by atoms with Crippen molar-refractivity contribution in [2.75, 3.05) is 19.7 Å². The van der Waals surface area contributed by atoms with Crippen LogP contribution in [0.2, 0.25) is 0 Å². The van der Waals surface area contributed by atoms with E-state index < -0.39 is 11.9 Å². The maximum atomic E-state index is 12.4. The van der Waals surface area contributed by atoms with E-state index in [1.165, 1.54) is 0 Å². The Hall–Kier alpha value is -2.04. The summed E-state index contributed by atoms with van der Waals surface area (Å²) in [7, 11) is 0. The Morgan fingerprint density at radius 2 is 2.11 bits per heavy atom. The van der Waals surface area contributed by atoms with Crippen LogP contribution in [0.5, 0.6) is 5.75 Å². The van der Waals surface area contributed by atoms with Gasteiger partial charge in [0.05, 0.1) is 5.92 Å². The van der Waals surface area contributed by atoms with Crippen LogP contribution in [0.25, 0.3) is 0 Å². The van der Waals surface area contributed by atoms with Gasteiger partial charge in [-0.05, 0) is 12.5 Å². The molecule has 3 rings (SSSR count). The molecule has 2 heterocycles. The summed E-state index contributed by atoms with van der Waals surface area (Å²) < 4.78 is 5.50. The second kappa shape index (κ2) is 4.57. The van der Waals surface area contributed by atoms with Crippen LogP contribution in [-0.4, -0.2) is 41.6 Å². The molecule has 1 fully saturated rings. The molecule has 0 aliphatic carbocycles. The second-order valence-electron chi connectivity index (χ2n) is 5.01. The molecule has 2 atom stereocenters. The molecule has 19 heavy (non-hydrogen) atoms. The van der Waals surface area contributed by atoms with Crippen molar-refractivity contribution in [2.45, 2.75) is 12.3 Å². The van der Waals surface area contributed by atoms with Gasteiger partial charge in [0.1, 0.15) is 18.3 Å². The zero-order valence-electron chi connectivity index (χ0n) is 10.4. The summed E-state index contributed by atoms with van der Waals surface area (Å²) in [5.41, 5.74) is 0.909. The molecule has 100 valence electrons. The fraction of sp³-hybridized carbons (Fsp3) is 0.429. The Morgan fingerprint density at radius 1 is 1.32 bits per heavy atom. The predicted octanol–water partition coefficient (Wildman–Crippen LogP) is 1.10. The maximum absolute atomic E-state index is 12.4. The normalized spacial score (nSPS) is 24.9. The average Bonchev–Trinajstić information content (AvgIpc) is 3.05. The number of nitrogens with zero attached hydrogens (tertiary/aromatic N) is 1. The molecule has 0 aromatic heterocycles. The minimum absolute atomic E-state index is 0.0197. The van der Waals surface area contributed by atoms with Gasteiger partial charge in [-0.25, -0.2) is 0 Å². The second-order valence-corrected chi connectivity index (χ2v) is 5.01. The van der Waals surface area contributed by atoms with E-state index in [0.29, 0.717) is 26.1 Å². The number of carbonyl (C=O) groups excluding carboxylic acids is 1. The minimum Gasteiger partial charge on any atom is -0.492 e. The Labute approximate surface area is 110 Å². The Morgan fingerprint density at radius 3 is 2.84 bits per heavy atom. The lowest BCUT2D eigenvalue weighted by Crippen LogP contribution is -2.34. The SMILES string of the molecule is O=C(O)[C@H]1CCN(C(=O)[C@H]2COc3ccccc32)C1. The van der Waals surface area contributed by atoms with Crippen molar-refractivity contribution in [2.24, 2.45) is 5.92 Å². The van der Waals surface area contributed by atoms with Crippen molar-refractivity contribution in [1.82, 2.24) is 4.90 Å². The number of carboxylic acids is 1. The number of amides is 1. The van der Waals surface area contributed by atoms with Crippen molar-refractivity contribution >= 4 is 11.9 Å². The summed E-state index contributed by atoms with van der Waals surface area (Å²) in [6.07, 6.45) is 0.538. The third-order valence-electron chi connectivity index (χ3n) is 3.85. The van der Waals surface area contributed by atoms with Gasteiger partial charge < -0.3 is 14.7 Å². The predicted molar refractivity (Wildman–Crippen MR) is 67.0 cm³/mol. The van der Waals surface area contributed by atoms with Crippen molar-refractivity contribution in [1.29, 1.82) is 0 Å². The van der Waals surface area contributed by atoms with E-state index in [-0.39, 0.29) is 11.8 Å². The fourth-order valence-corrected chi connectivity index (χ4v) is 2.75. The summed E-state index contributed by atoms with van der Waals surface area (Å²) >= 11 is 0. The Bertz CT molecular complexity index is 528. The molecule has 1 aromatic rings. The lowest BCUT2D eigenvalue weighted by atomic mass is 10.00. The first kappa shape index (κ1) is 12.0. The summed E-state index contributed by atoms with van der Waals surface area (Å²) in [5, 5.41) is 8.97. The molecule has 2 aliphatic heterocycles. The molecule has 1 amide bonds. The first-order chi connectivity index (χ1) is 9.16. The molecule has 5 heteroatoms. The fourth-order valence-electron chi connectivity index (χ4n) is 2.75. The van der Waals surface area contributed by atoms with Crippen LogP contribution in [0.15, 0.2) is 24.3 Å². The monoisotopic (exact) mass is 261 g/mol. The lowest BCUT2D eigenvalue weighted by Gasteiger charge is -2.19. The minimum atomic E-state index is -0.821. The number of para-hydroxylation sites is 1. The summed E-state index contributed by atoms with van der Waals surface area (Å²) in [5.74, 6) is -0.799. The van der Waals surface area contributed by atoms with Crippen LogP contribution in [0, 0.1) is 5.92 Å². The lowest BCUT2D eigenvalue weighted by molar-refractivity contribution is -0.141. The molecular formula is C14H15NO4. The molecule has 5 nitrogen and oxygen atoms in total. The standard InChI is InChI=1S/C14H15NO4/c16-13(15-6-5-9(7-15)14(17)18)11-8-19-12-4-2-1-3-10(11)12/h1-4,9,11H,5-8H2,(H,17,18)/t9-,11-/m0/s1. The molecule has 1 N–H and O–H groups in total. The number of hydrogen-bond acceptors (Lipinski definition) is 3. The van der Waals surface area contributed by atoms with Gasteiger partial charge in [-0.2, -0.15) is 0 Å². The van der Waals surface area contributed by atoms with Gasteiger partial charge in [-0.1, -0.05) is 18.2 Å².